The summed E-state index contributed by atoms with van der Waals surface area (Å²) in [5, 5.41) is 0. The number of nitrogens with two attached hydrogens (primary N) is 1. The summed E-state index contributed by atoms with van der Waals surface area (Å²) >= 11 is 0. The molecule has 3 rings (SSSR count). The van der Waals surface area contributed by atoms with Crippen LogP contribution in [0.5, 0.6) is 11.5 Å². The standard InChI is InChI=1S/C18H21N3O3/c1-12-4-6-13(7-5-12)23-11-10-21-16-14(8-9-15(19)20-16)24-18(2,3)17(21)22/h4-9H,10-11H2,1-3H3,(H2,19,20). The number of anilines is 2. The van der Waals surface area contributed by atoms with Crippen molar-refractivity contribution in [2.45, 2.75) is 26.4 Å². The second-order valence-electron chi connectivity index (χ2n) is 6.29. The molecule has 1 aromatic heterocycles. The van der Waals surface area contributed by atoms with E-state index in [2.05, 4.69) is 4.98 Å². The number of nitrogens with zero attached hydrogens (tertiary/aromatic N) is 2. The van der Waals surface area contributed by atoms with Gasteiger partial charge in [0.2, 0.25) is 0 Å². The van der Waals surface area contributed by atoms with Gasteiger partial charge in [0, 0.05) is 0 Å². The zero-order chi connectivity index (χ0) is 17.3. The van der Waals surface area contributed by atoms with Crippen LogP contribution in [0.3, 0.4) is 0 Å². The molecule has 0 radical (unpaired) electrons. The summed E-state index contributed by atoms with van der Waals surface area (Å²) in [6.07, 6.45) is 0. The lowest BCUT2D eigenvalue weighted by Gasteiger charge is -2.37. The molecule has 6 nitrogen and oxygen atoms in total. The minimum atomic E-state index is -0.950. The number of aromatic nitrogens is 1. The molecule has 24 heavy (non-hydrogen) atoms. The van der Waals surface area contributed by atoms with Gasteiger partial charge in [-0.05, 0) is 45.0 Å². The van der Waals surface area contributed by atoms with E-state index in [1.807, 2.05) is 31.2 Å². The number of hydrogen-bond acceptors (Lipinski definition) is 5. The first-order chi connectivity index (χ1) is 11.4. The number of benzene rings is 1. The van der Waals surface area contributed by atoms with Crippen molar-refractivity contribution in [3.63, 3.8) is 0 Å². The summed E-state index contributed by atoms with van der Waals surface area (Å²) in [5.41, 5.74) is 5.97. The molecule has 1 aliphatic heterocycles. The molecule has 6 heteroatoms. The number of amides is 1. The zero-order valence-electron chi connectivity index (χ0n) is 14.1. The molecule has 0 saturated carbocycles. The molecule has 0 spiro atoms. The number of rotatable bonds is 4. The topological polar surface area (TPSA) is 77.7 Å². The molecule has 1 aromatic carbocycles. The molecular weight excluding hydrogens is 306 g/mol. The maximum atomic E-state index is 12.7. The third-order valence-corrected chi connectivity index (χ3v) is 3.85. The van der Waals surface area contributed by atoms with Crippen LogP contribution in [0, 0.1) is 6.92 Å². The fourth-order valence-corrected chi connectivity index (χ4v) is 2.56. The van der Waals surface area contributed by atoms with Crippen molar-refractivity contribution in [1.29, 1.82) is 0 Å². The summed E-state index contributed by atoms with van der Waals surface area (Å²) in [7, 11) is 0. The van der Waals surface area contributed by atoms with E-state index in [1.54, 1.807) is 30.9 Å². The van der Waals surface area contributed by atoms with Crippen LogP contribution < -0.4 is 20.1 Å². The summed E-state index contributed by atoms with van der Waals surface area (Å²) in [5.74, 6) is 1.92. The van der Waals surface area contributed by atoms with Crippen LogP contribution in [0.15, 0.2) is 36.4 Å². The SMILES string of the molecule is Cc1ccc(OCCN2C(=O)C(C)(C)Oc3ccc(N)nc32)cc1. The maximum absolute atomic E-state index is 12.7. The quantitative estimate of drug-likeness (QED) is 0.934. The van der Waals surface area contributed by atoms with E-state index in [4.69, 9.17) is 15.2 Å². The number of fused-ring (bicyclic) bond motifs is 1. The highest BCUT2D eigenvalue weighted by molar-refractivity contribution is 6.01. The molecule has 0 fully saturated rings. The lowest BCUT2D eigenvalue weighted by Crippen LogP contribution is -2.53. The van der Waals surface area contributed by atoms with Crippen LogP contribution in [-0.4, -0.2) is 29.6 Å². The second-order valence-corrected chi connectivity index (χ2v) is 6.29. The van der Waals surface area contributed by atoms with Crippen molar-refractivity contribution in [3.8, 4) is 11.5 Å². The lowest BCUT2D eigenvalue weighted by molar-refractivity contribution is -0.132. The van der Waals surface area contributed by atoms with E-state index >= 15 is 0 Å². The number of hydrogen-bond donors (Lipinski definition) is 1. The number of carbonyl (C=O) groups excluding carboxylic acids is 1. The molecule has 0 unspecified atom stereocenters. The average molecular weight is 327 g/mol. The van der Waals surface area contributed by atoms with Crippen molar-refractivity contribution < 1.29 is 14.3 Å². The Morgan fingerprint density at radius 2 is 1.92 bits per heavy atom. The van der Waals surface area contributed by atoms with Gasteiger partial charge in [0.05, 0.1) is 6.54 Å². The van der Waals surface area contributed by atoms with Gasteiger partial charge in [-0.3, -0.25) is 9.69 Å². The third-order valence-electron chi connectivity index (χ3n) is 3.85. The van der Waals surface area contributed by atoms with Crippen LogP contribution in [0.1, 0.15) is 19.4 Å². The minimum absolute atomic E-state index is 0.166. The van der Waals surface area contributed by atoms with Gasteiger partial charge >= 0.3 is 0 Å². The van der Waals surface area contributed by atoms with E-state index in [9.17, 15) is 4.79 Å². The van der Waals surface area contributed by atoms with Gasteiger partial charge in [0.15, 0.2) is 17.2 Å². The number of aryl methyl sites for hydroxylation is 1. The maximum Gasteiger partial charge on any atom is 0.271 e. The van der Waals surface area contributed by atoms with E-state index in [0.29, 0.717) is 30.5 Å². The fourth-order valence-electron chi connectivity index (χ4n) is 2.56. The molecule has 1 aliphatic rings. The summed E-state index contributed by atoms with van der Waals surface area (Å²) in [6.45, 7) is 6.21. The average Bonchev–Trinajstić information content (AvgIpc) is 2.53. The molecule has 126 valence electrons. The molecular formula is C18H21N3O3. The van der Waals surface area contributed by atoms with Crippen LogP contribution in [-0.2, 0) is 4.79 Å². The Kier molecular flexibility index (Phi) is 4.05. The van der Waals surface area contributed by atoms with Gasteiger partial charge in [-0.25, -0.2) is 4.98 Å². The molecule has 0 bridgehead atoms. The highest BCUT2D eigenvalue weighted by Gasteiger charge is 2.41. The van der Waals surface area contributed by atoms with E-state index in [0.717, 1.165) is 5.75 Å². The van der Waals surface area contributed by atoms with Crippen molar-refractivity contribution in [3.05, 3.63) is 42.0 Å². The van der Waals surface area contributed by atoms with Crippen molar-refractivity contribution in [2.75, 3.05) is 23.8 Å². The van der Waals surface area contributed by atoms with Crippen LogP contribution in [0.4, 0.5) is 11.6 Å². The molecule has 0 aliphatic carbocycles. The number of carbonyl (C=O) groups is 1. The Morgan fingerprint density at radius 1 is 1.21 bits per heavy atom. The largest absolute Gasteiger partial charge is 0.492 e. The normalized spacial score (nSPS) is 15.6. The molecule has 0 atom stereocenters. The molecule has 2 aromatic rings. The molecule has 2 N–H and O–H groups in total. The zero-order valence-corrected chi connectivity index (χ0v) is 14.1. The highest BCUT2D eigenvalue weighted by Crippen LogP contribution is 2.36. The number of pyridine rings is 1. The molecule has 2 heterocycles. The van der Waals surface area contributed by atoms with Crippen molar-refractivity contribution >= 4 is 17.5 Å². The van der Waals surface area contributed by atoms with Crippen molar-refractivity contribution in [1.82, 2.24) is 4.98 Å². The van der Waals surface area contributed by atoms with Gasteiger partial charge in [0.25, 0.3) is 5.91 Å². The van der Waals surface area contributed by atoms with Gasteiger partial charge in [-0.15, -0.1) is 0 Å². The Balaban J connectivity index is 1.77. The summed E-state index contributed by atoms with van der Waals surface area (Å²) < 4.78 is 11.5. The van der Waals surface area contributed by atoms with Crippen LogP contribution in [0.25, 0.3) is 0 Å². The van der Waals surface area contributed by atoms with E-state index < -0.39 is 5.60 Å². The first-order valence-corrected chi connectivity index (χ1v) is 7.84. The van der Waals surface area contributed by atoms with Crippen LogP contribution in [0.2, 0.25) is 0 Å². The fraction of sp³-hybridized carbons (Fsp3) is 0.333. The Hall–Kier alpha value is -2.76. The first-order valence-electron chi connectivity index (χ1n) is 7.84. The lowest BCUT2D eigenvalue weighted by atomic mass is 10.1. The monoisotopic (exact) mass is 327 g/mol. The molecule has 0 saturated heterocycles. The van der Waals surface area contributed by atoms with Gasteiger partial charge in [-0.2, -0.15) is 0 Å². The predicted molar refractivity (Wildman–Crippen MR) is 92.4 cm³/mol. The Morgan fingerprint density at radius 3 is 2.62 bits per heavy atom. The van der Waals surface area contributed by atoms with Crippen molar-refractivity contribution in [2.24, 2.45) is 0 Å². The second kappa shape index (κ2) is 6.03. The van der Waals surface area contributed by atoms with Crippen LogP contribution >= 0.6 is 0 Å². The summed E-state index contributed by atoms with van der Waals surface area (Å²) in [4.78, 5) is 18.5. The van der Waals surface area contributed by atoms with E-state index in [1.165, 1.54) is 5.56 Å². The van der Waals surface area contributed by atoms with Gasteiger partial charge < -0.3 is 15.2 Å². The summed E-state index contributed by atoms with van der Waals surface area (Å²) in [6, 6.07) is 11.2. The third kappa shape index (κ3) is 3.13. The number of nitrogen functional groups attached to an aromatic ring is 1. The highest BCUT2D eigenvalue weighted by atomic mass is 16.5. The van der Waals surface area contributed by atoms with E-state index in [-0.39, 0.29) is 5.91 Å². The first kappa shape index (κ1) is 16.1. The smallest absolute Gasteiger partial charge is 0.271 e. The minimum Gasteiger partial charge on any atom is -0.492 e. The Bertz CT molecular complexity index is 757. The number of ether oxygens (including phenoxy) is 2. The molecule has 1 amide bonds. The Labute approximate surface area is 141 Å². The van der Waals surface area contributed by atoms with Gasteiger partial charge in [-0.1, -0.05) is 17.7 Å². The predicted octanol–water partition coefficient (Wildman–Crippen LogP) is 2.56. The van der Waals surface area contributed by atoms with Gasteiger partial charge in [0.1, 0.15) is 18.2 Å².